The van der Waals surface area contributed by atoms with E-state index in [1.807, 2.05) is 0 Å². The Morgan fingerprint density at radius 1 is 0.269 bits per heavy atom. The van der Waals surface area contributed by atoms with Gasteiger partial charge in [-0.25, -0.2) is 0 Å². The number of ether oxygens (including phenoxy) is 3. The largest absolute Gasteiger partial charge is 0.462 e. The molecule has 0 amide bonds. The number of allylic oxidation sites excluding steroid dienone is 12. The second-order valence-corrected chi connectivity index (χ2v) is 22.7. The standard InChI is InChI=1S/C72H128O6/c1-4-7-10-13-16-19-22-24-26-28-30-32-33-34-35-36-37-38-40-41-43-45-47-50-53-56-59-62-65-71(74)77-68-69(67-76-70(73)64-61-58-55-52-49-21-18-15-12-9-6-3)78-72(75)66-63-60-57-54-51-48-46-44-42-39-31-29-27-25-23-20-17-14-11-8-5-2/h8,11,15,17-18,20,25,27,31,39,44,46,69H,4-7,9-10,12-14,16,19,21-24,26,28-30,32-38,40-43,45,47-68H2,1-3H3/b11-8-,18-15-,20-17-,27-25-,39-31-,46-44-. The number of esters is 3. The Morgan fingerprint density at radius 3 is 0.833 bits per heavy atom. The van der Waals surface area contributed by atoms with Crippen LogP contribution in [0.5, 0.6) is 0 Å². The normalized spacial score (nSPS) is 12.5. The van der Waals surface area contributed by atoms with Gasteiger partial charge in [0.05, 0.1) is 0 Å². The van der Waals surface area contributed by atoms with E-state index >= 15 is 0 Å². The van der Waals surface area contributed by atoms with Crippen LogP contribution in [-0.2, 0) is 28.6 Å². The fourth-order valence-electron chi connectivity index (χ4n) is 9.87. The monoisotopic (exact) mass is 1090 g/mol. The van der Waals surface area contributed by atoms with E-state index in [1.54, 1.807) is 0 Å². The van der Waals surface area contributed by atoms with Crippen LogP contribution in [0.25, 0.3) is 0 Å². The van der Waals surface area contributed by atoms with Crippen LogP contribution in [0.4, 0.5) is 0 Å². The molecule has 0 bridgehead atoms. The third-order valence-corrected chi connectivity index (χ3v) is 14.9. The summed E-state index contributed by atoms with van der Waals surface area (Å²) in [4.78, 5) is 38.3. The lowest BCUT2D eigenvalue weighted by Gasteiger charge is -2.18. The third kappa shape index (κ3) is 63.7. The van der Waals surface area contributed by atoms with E-state index < -0.39 is 6.10 Å². The van der Waals surface area contributed by atoms with Gasteiger partial charge in [0, 0.05) is 19.3 Å². The number of hydrogen-bond acceptors (Lipinski definition) is 6. The summed E-state index contributed by atoms with van der Waals surface area (Å²) in [5.74, 6) is -0.897. The zero-order valence-electron chi connectivity index (χ0n) is 51.9. The van der Waals surface area contributed by atoms with Crippen LogP contribution < -0.4 is 0 Å². The summed E-state index contributed by atoms with van der Waals surface area (Å²) >= 11 is 0. The summed E-state index contributed by atoms with van der Waals surface area (Å²) < 4.78 is 16.9. The van der Waals surface area contributed by atoms with Gasteiger partial charge < -0.3 is 14.2 Å². The molecule has 1 unspecified atom stereocenters. The lowest BCUT2D eigenvalue weighted by molar-refractivity contribution is -0.167. The first-order valence-electron chi connectivity index (χ1n) is 33.9. The van der Waals surface area contributed by atoms with Crippen LogP contribution in [0, 0.1) is 0 Å². The Kier molecular flexibility index (Phi) is 63.7. The molecule has 0 heterocycles. The molecule has 0 aromatic heterocycles. The molecule has 0 fully saturated rings. The van der Waals surface area contributed by atoms with Crippen LogP contribution in [-0.4, -0.2) is 37.2 Å². The van der Waals surface area contributed by atoms with Crippen LogP contribution in [0.1, 0.15) is 348 Å². The minimum Gasteiger partial charge on any atom is -0.462 e. The molecular weight excluding hydrogens is 961 g/mol. The van der Waals surface area contributed by atoms with Crippen LogP contribution in [0.15, 0.2) is 72.9 Å². The molecule has 6 nitrogen and oxygen atoms in total. The van der Waals surface area contributed by atoms with Crippen molar-refractivity contribution in [3.8, 4) is 0 Å². The van der Waals surface area contributed by atoms with E-state index in [4.69, 9.17) is 14.2 Å². The quantitative estimate of drug-likeness (QED) is 0.0261. The average Bonchev–Trinajstić information content (AvgIpc) is 3.44. The van der Waals surface area contributed by atoms with Crippen LogP contribution in [0.3, 0.4) is 0 Å². The first kappa shape index (κ1) is 74.8. The molecule has 1 atom stereocenters. The van der Waals surface area contributed by atoms with Gasteiger partial charge in [0.1, 0.15) is 13.2 Å². The highest BCUT2D eigenvalue weighted by molar-refractivity contribution is 5.71. The van der Waals surface area contributed by atoms with E-state index in [0.29, 0.717) is 19.3 Å². The SMILES string of the molecule is CC/C=C\C/C=C\C/C=C\C/C=C\C/C=C\CCCCCCCC(=O)OC(COC(=O)CCCCCCC/C=C\CCCC)COC(=O)CCCCCCCCCCCCCCCCCCCCCCCCCCCCCC. The fourth-order valence-corrected chi connectivity index (χ4v) is 9.87. The number of carbonyl (C=O) groups excluding carboxylic acids is 3. The van der Waals surface area contributed by atoms with Gasteiger partial charge in [-0.15, -0.1) is 0 Å². The molecular formula is C72H128O6. The molecule has 0 aromatic carbocycles. The van der Waals surface area contributed by atoms with Crippen molar-refractivity contribution in [2.45, 2.75) is 354 Å². The molecule has 0 aliphatic rings. The number of rotatable bonds is 62. The van der Waals surface area contributed by atoms with Crippen molar-refractivity contribution in [1.29, 1.82) is 0 Å². The van der Waals surface area contributed by atoms with E-state index in [2.05, 4.69) is 93.7 Å². The molecule has 6 heteroatoms. The van der Waals surface area contributed by atoms with Gasteiger partial charge in [0.2, 0.25) is 0 Å². The summed E-state index contributed by atoms with van der Waals surface area (Å²) in [7, 11) is 0. The molecule has 78 heavy (non-hydrogen) atoms. The fraction of sp³-hybridized carbons (Fsp3) is 0.792. The minimum absolute atomic E-state index is 0.0833. The van der Waals surface area contributed by atoms with Crippen molar-refractivity contribution < 1.29 is 28.6 Å². The Bertz CT molecular complexity index is 1440. The van der Waals surface area contributed by atoms with Crippen LogP contribution >= 0.6 is 0 Å². The summed E-state index contributed by atoms with van der Waals surface area (Å²) in [5.41, 5.74) is 0. The maximum atomic E-state index is 12.9. The third-order valence-electron chi connectivity index (χ3n) is 14.9. The lowest BCUT2D eigenvalue weighted by Crippen LogP contribution is -2.30. The Labute approximate surface area is 484 Å². The average molecular weight is 1090 g/mol. The van der Waals surface area contributed by atoms with Crippen molar-refractivity contribution in [2.75, 3.05) is 13.2 Å². The van der Waals surface area contributed by atoms with E-state index in [9.17, 15) is 14.4 Å². The zero-order chi connectivity index (χ0) is 56.4. The molecule has 0 aliphatic heterocycles. The summed E-state index contributed by atoms with van der Waals surface area (Å²) in [6.45, 7) is 6.51. The second kappa shape index (κ2) is 66.4. The Morgan fingerprint density at radius 2 is 0.513 bits per heavy atom. The topological polar surface area (TPSA) is 78.9 Å². The summed E-state index contributed by atoms with van der Waals surface area (Å²) in [6, 6.07) is 0. The van der Waals surface area contributed by atoms with E-state index in [1.165, 1.54) is 193 Å². The molecule has 0 aromatic rings. The maximum Gasteiger partial charge on any atom is 0.306 e. The van der Waals surface area contributed by atoms with Gasteiger partial charge in [0.25, 0.3) is 0 Å². The second-order valence-electron chi connectivity index (χ2n) is 22.7. The van der Waals surface area contributed by atoms with Crippen molar-refractivity contribution in [3.05, 3.63) is 72.9 Å². The van der Waals surface area contributed by atoms with Gasteiger partial charge in [-0.1, -0.05) is 318 Å². The van der Waals surface area contributed by atoms with Gasteiger partial charge >= 0.3 is 17.9 Å². The lowest BCUT2D eigenvalue weighted by atomic mass is 10.0. The minimum atomic E-state index is -0.789. The zero-order valence-corrected chi connectivity index (χ0v) is 51.9. The van der Waals surface area contributed by atoms with Gasteiger partial charge in [-0.3, -0.25) is 14.4 Å². The first-order valence-corrected chi connectivity index (χ1v) is 33.9. The summed E-state index contributed by atoms with van der Waals surface area (Å²) in [5, 5.41) is 0. The maximum absolute atomic E-state index is 12.9. The van der Waals surface area contributed by atoms with E-state index in [0.717, 1.165) is 116 Å². The van der Waals surface area contributed by atoms with Crippen molar-refractivity contribution in [3.63, 3.8) is 0 Å². The molecule has 0 saturated carbocycles. The molecule has 0 spiro atoms. The van der Waals surface area contributed by atoms with Gasteiger partial charge in [0.15, 0.2) is 6.10 Å². The predicted molar refractivity (Wildman–Crippen MR) is 339 cm³/mol. The number of hydrogen-bond donors (Lipinski definition) is 0. The molecule has 0 rings (SSSR count). The highest BCUT2D eigenvalue weighted by atomic mass is 16.6. The molecule has 0 aliphatic carbocycles. The van der Waals surface area contributed by atoms with Crippen molar-refractivity contribution >= 4 is 17.9 Å². The molecule has 0 N–H and O–H groups in total. The predicted octanol–water partition coefficient (Wildman–Crippen LogP) is 23.3. The van der Waals surface area contributed by atoms with Crippen LogP contribution in [0.2, 0.25) is 0 Å². The van der Waals surface area contributed by atoms with E-state index in [-0.39, 0.29) is 31.1 Å². The van der Waals surface area contributed by atoms with Crippen molar-refractivity contribution in [2.24, 2.45) is 0 Å². The Hall–Kier alpha value is -3.15. The highest BCUT2D eigenvalue weighted by Gasteiger charge is 2.19. The molecule has 0 saturated heterocycles. The number of carbonyl (C=O) groups is 3. The van der Waals surface area contributed by atoms with Gasteiger partial charge in [-0.2, -0.15) is 0 Å². The molecule has 452 valence electrons. The first-order chi connectivity index (χ1) is 38.5. The Balaban J connectivity index is 4.21. The molecule has 0 radical (unpaired) electrons. The smallest absolute Gasteiger partial charge is 0.306 e. The summed E-state index contributed by atoms with van der Waals surface area (Å²) in [6.07, 6.45) is 86.5. The number of unbranched alkanes of at least 4 members (excludes halogenated alkanes) is 39. The highest BCUT2D eigenvalue weighted by Crippen LogP contribution is 2.18. The van der Waals surface area contributed by atoms with Crippen molar-refractivity contribution in [1.82, 2.24) is 0 Å². The van der Waals surface area contributed by atoms with Gasteiger partial charge in [-0.05, 0) is 83.5 Å².